The Morgan fingerprint density at radius 1 is 1.18 bits per heavy atom. The third-order valence-electron chi connectivity index (χ3n) is 2.64. The van der Waals surface area contributed by atoms with Crippen molar-refractivity contribution < 1.29 is 9.13 Å². The Kier molecular flexibility index (Phi) is 5.32. The molecule has 0 heterocycles. The Morgan fingerprint density at radius 3 is 2.55 bits per heavy atom. The Hall–Kier alpha value is -2.60. The van der Waals surface area contributed by atoms with Gasteiger partial charge < -0.3 is 16.2 Å². The van der Waals surface area contributed by atoms with Gasteiger partial charge in [0.1, 0.15) is 6.61 Å². The van der Waals surface area contributed by atoms with E-state index in [0.29, 0.717) is 10.6 Å². The molecule has 22 heavy (non-hydrogen) atoms. The van der Waals surface area contributed by atoms with Crippen molar-refractivity contribution in [3.8, 4) is 5.75 Å². The normalized spacial score (nSPS) is 10.6. The van der Waals surface area contributed by atoms with Gasteiger partial charge in [0.25, 0.3) is 0 Å². The largest absolute Gasteiger partial charge is 0.486 e. The number of ether oxygens (including phenoxy) is 1. The molecular weight excluding hydrogens is 307 g/mol. The first-order valence-corrected chi connectivity index (χ1v) is 6.71. The van der Waals surface area contributed by atoms with Gasteiger partial charge in [-0.25, -0.2) is 4.39 Å². The van der Waals surface area contributed by atoms with E-state index in [0.717, 1.165) is 5.56 Å². The van der Waals surface area contributed by atoms with Crippen LogP contribution in [0.25, 0.3) is 0 Å². The number of halogens is 2. The molecule has 0 saturated carbocycles. The van der Waals surface area contributed by atoms with Crippen molar-refractivity contribution in [2.24, 2.45) is 21.7 Å². The van der Waals surface area contributed by atoms with Crippen LogP contribution >= 0.6 is 11.6 Å². The second kappa shape index (κ2) is 7.42. The Bertz CT molecular complexity index is 697. The molecular formula is C15H14ClFN4O. The van der Waals surface area contributed by atoms with Gasteiger partial charge in [-0.05, 0) is 41.5 Å². The highest BCUT2D eigenvalue weighted by molar-refractivity contribution is 6.30. The number of guanidine groups is 1. The summed E-state index contributed by atoms with van der Waals surface area (Å²) in [5.41, 5.74) is 11.7. The van der Waals surface area contributed by atoms with E-state index >= 15 is 0 Å². The third-order valence-corrected chi connectivity index (χ3v) is 2.90. The van der Waals surface area contributed by atoms with Crippen LogP contribution in [0.3, 0.4) is 0 Å². The summed E-state index contributed by atoms with van der Waals surface area (Å²) in [5.74, 6) is -0.517. The number of nitrogens with zero attached hydrogens (tertiary/aromatic N) is 2. The molecule has 7 heteroatoms. The number of rotatable bonds is 5. The zero-order chi connectivity index (χ0) is 15.9. The van der Waals surface area contributed by atoms with E-state index < -0.39 is 5.82 Å². The van der Waals surface area contributed by atoms with Crippen molar-refractivity contribution in [2.45, 2.75) is 6.61 Å². The summed E-state index contributed by atoms with van der Waals surface area (Å²) in [6.07, 6.45) is 1.34. The molecule has 0 aliphatic rings. The van der Waals surface area contributed by atoms with E-state index in [2.05, 4.69) is 10.2 Å². The first-order chi connectivity index (χ1) is 10.5. The fourth-order valence-electron chi connectivity index (χ4n) is 1.62. The van der Waals surface area contributed by atoms with Crippen molar-refractivity contribution in [2.75, 3.05) is 0 Å². The molecule has 0 aliphatic heterocycles. The van der Waals surface area contributed by atoms with Crippen LogP contribution in [0.2, 0.25) is 5.02 Å². The van der Waals surface area contributed by atoms with Crippen LogP contribution in [0.1, 0.15) is 11.1 Å². The average Bonchev–Trinajstić information content (AvgIpc) is 2.48. The molecule has 5 nitrogen and oxygen atoms in total. The van der Waals surface area contributed by atoms with Gasteiger partial charge in [-0.15, -0.1) is 5.10 Å². The van der Waals surface area contributed by atoms with Crippen molar-refractivity contribution in [1.29, 1.82) is 0 Å². The summed E-state index contributed by atoms with van der Waals surface area (Å²) >= 11 is 5.79. The van der Waals surface area contributed by atoms with Gasteiger partial charge in [0.05, 0.1) is 6.21 Å². The number of hydrogen-bond acceptors (Lipinski definition) is 3. The van der Waals surface area contributed by atoms with Crippen LogP contribution in [0.4, 0.5) is 4.39 Å². The zero-order valence-corrected chi connectivity index (χ0v) is 12.3. The molecule has 114 valence electrons. The smallest absolute Gasteiger partial charge is 0.211 e. The van der Waals surface area contributed by atoms with Crippen molar-refractivity contribution in [3.05, 3.63) is 64.4 Å². The quantitative estimate of drug-likeness (QED) is 0.504. The lowest BCUT2D eigenvalue weighted by molar-refractivity contribution is 0.290. The van der Waals surface area contributed by atoms with Crippen LogP contribution in [0, 0.1) is 5.82 Å². The van der Waals surface area contributed by atoms with Crippen molar-refractivity contribution in [1.82, 2.24) is 0 Å². The van der Waals surface area contributed by atoms with Gasteiger partial charge in [0.15, 0.2) is 11.6 Å². The Morgan fingerprint density at radius 2 is 1.91 bits per heavy atom. The summed E-state index contributed by atoms with van der Waals surface area (Å²) in [4.78, 5) is 0. The molecule has 0 aliphatic carbocycles. The molecule has 0 atom stereocenters. The number of hydrogen-bond donors (Lipinski definition) is 2. The SMILES string of the molecule is NC(N)=NN=Cc1ccc(OCc2ccc(Cl)cc2)c(F)c1. The van der Waals surface area contributed by atoms with E-state index in [1.807, 2.05) is 12.1 Å². The maximum atomic E-state index is 13.9. The lowest BCUT2D eigenvalue weighted by Gasteiger charge is -2.07. The van der Waals surface area contributed by atoms with Crippen LogP contribution in [0.15, 0.2) is 52.7 Å². The zero-order valence-electron chi connectivity index (χ0n) is 11.5. The minimum atomic E-state index is -0.498. The molecule has 0 bridgehead atoms. The van der Waals surface area contributed by atoms with E-state index in [1.165, 1.54) is 18.3 Å². The average molecular weight is 321 g/mol. The minimum Gasteiger partial charge on any atom is -0.486 e. The lowest BCUT2D eigenvalue weighted by Crippen LogP contribution is -2.21. The van der Waals surface area contributed by atoms with E-state index in [1.54, 1.807) is 18.2 Å². The highest BCUT2D eigenvalue weighted by Crippen LogP contribution is 2.19. The van der Waals surface area contributed by atoms with Gasteiger partial charge in [-0.3, -0.25) is 0 Å². The minimum absolute atomic E-state index is 0.147. The maximum absolute atomic E-state index is 13.9. The summed E-state index contributed by atoms with van der Waals surface area (Å²) in [6.45, 7) is 0.246. The van der Waals surface area contributed by atoms with Crippen LogP contribution < -0.4 is 16.2 Å². The van der Waals surface area contributed by atoms with Gasteiger partial charge in [-0.1, -0.05) is 23.7 Å². The number of benzene rings is 2. The van der Waals surface area contributed by atoms with Crippen LogP contribution in [-0.4, -0.2) is 12.2 Å². The second-order valence-corrected chi connectivity index (χ2v) is 4.81. The fourth-order valence-corrected chi connectivity index (χ4v) is 1.74. The van der Waals surface area contributed by atoms with Gasteiger partial charge in [0.2, 0.25) is 5.96 Å². The molecule has 0 aromatic heterocycles. The van der Waals surface area contributed by atoms with Gasteiger partial charge in [-0.2, -0.15) is 5.10 Å². The van der Waals surface area contributed by atoms with E-state index in [-0.39, 0.29) is 18.3 Å². The van der Waals surface area contributed by atoms with Crippen LogP contribution in [-0.2, 0) is 6.61 Å². The molecule has 0 spiro atoms. The molecule has 2 aromatic rings. The molecule has 2 rings (SSSR count). The first kappa shape index (κ1) is 15.8. The van der Waals surface area contributed by atoms with Crippen molar-refractivity contribution in [3.63, 3.8) is 0 Å². The van der Waals surface area contributed by atoms with Gasteiger partial charge in [0, 0.05) is 5.02 Å². The van der Waals surface area contributed by atoms with Crippen LogP contribution in [0.5, 0.6) is 5.75 Å². The fraction of sp³-hybridized carbons (Fsp3) is 0.0667. The molecule has 0 radical (unpaired) electrons. The Balaban J connectivity index is 2.02. The van der Waals surface area contributed by atoms with E-state index in [4.69, 9.17) is 27.8 Å². The molecule has 0 fully saturated rings. The summed E-state index contributed by atoms with van der Waals surface area (Å²) < 4.78 is 19.3. The predicted molar refractivity (Wildman–Crippen MR) is 85.6 cm³/mol. The number of nitrogens with two attached hydrogens (primary N) is 2. The molecule has 0 saturated heterocycles. The highest BCUT2D eigenvalue weighted by Gasteiger charge is 2.04. The second-order valence-electron chi connectivity index (χ2n) is 4.37. The lowest BCUT2D eigenvalue weighted by atomic mass is 10.2. The highest BCUT2D eigenvalue weighted by atomic mass is 35.5. The Labute approximate surface area is 132 Å². The van der Waals surface area contributed by atoms with Gasteiger partial charge >= 0.3 is 0 Å². The molecule has 0 amide bonds. The first-order valence-electron chi connectivity index (χ1n) is 6.33. The predicted octanol–water partition coefficient (Wildman–Crippen LogP) is 2.67. The topological polar surface area (TPSA) is 86.0 Å². The van der Waals surface area contributed by atoms with E-state index in [9.17, 15) is 4.39 Å². The summed E-state index contributed by atoms with van der Waals surface area (Å²) in [6, 6.07) is 11.6. The van der Waals surface area contributed by atoms with Crippen molar-refractivity contribution >= 4 is 23.8 Å². The summed E-state index contributed by atoms with van der Waals surface area (Å²) in [5, 5.41) is 7.68. The molecule has 0 unspecified atom stereocenters. The molecule has 2 aromatic carbocycles. The summed E-state index contributed by atoms with van der Waals surface area (Å²) in [7, 11) is 0. The monoisotopic (exact) mass is 320 g/mol. The molecule has 4 N–H and O–H groups in total. The standard InChI is InChI=1S/C15H14ClFN4O/c16-12-4-1-10(2-5-12)9-22-14-6-3-11(7-13(14)17)8-20-21-15(18)19/h1-8H,9H2,(H4,18,19,21). The maximum Gasteiger partial charge on any atom is 0.211 e. The third kappa shape index (κ3) is 4.75.